The summed E-state index contributed by atoms with van der Waals surface area (Å²) in [4.78, 5) is 24.4. The number of carboxylic acids is 1. The molecule has 24 heavy (non-hydrogen) atoms. The summed E-state index contributed by atoms with van der Waals surface area (Å²) in [5.74, 6) is -1.81. The highest BCUT2D eigenvalue weighted by Crippen LogP contribution is 2.13. The lowest BCUT2D eigenvalue weighted by Gasteiger charge is -2.12. The number of carbonyl (C=O) groups is 2. The van der Waals surface area contributed by atoms with Gasteiger partial charge in [0.25, 0.3) is 0 Å². The van der Waals surface area contributed by atoms with E-state index in [1.54, 1.807) is 0 Å². The molecule has 0 aromatic rings. The first-order valence-electron chi connectivity index (χ1n) is 7.51. The van der Waals surface area contributed by atoms with Gasteiger partial charge in [0.1, 0.15) is 0 Å². The third-order valence-electron chi connectivity index (χ3n) is 2.80. The molecule has 0 rings (SSSR count). The molecule has 1 amide bonds. The predicted octanol–water partition coefficient (Wildman–Crippen LogP) is 1.47. The zero-order valence-corrected chi connectivity index (χ0v) is 14.2. The molecule has 0 aromatic heterocycles. The quantitative estimate of drug-likeness (QED) is 0.297. The standard InChI is InChI=1S/C12H26N4O.C2HF3O2/c1-9(2)5-6-10(3)11(17)15-7-4-8-16-12(13)14;3-2(4,5)1(6)7/h9-10H,4-8H2,1-3H3,(H,15,17)(H4,13,14,16);(H,6,7)/t10-;/m1./s1. The Hall–Kier alpha value is -2.00. The summed E-state index contributed by atoms with van der Waals surface area (Å²) in [6.45, 7) is 7.48. The maximum Gasteiger partial charge on any atom is 0.490 e. The molecule has 0 bridgehead atoms. The van der Waals surface area contributed by atoms with E-state index >= 15 is 0 Å². The van der Waals surface area contributed by atoms with E-state index in [9.17, 15) is 18.0 Å². The van der Waals surface area contributed by atoms with Gasteiger partial charge in [0.2, 0.25) is 5.91 Å². The fourth-order valence-electron chi connectivity index (χ4n) is 1.39. The van der Waals surface area contributed by atoms with Gasteiger partial charge in [-0.15, -0.1) is 0 Å². The first-order chi connectivity index (χ1) is 10.9. The lowest BCUT2D eigenvalue weighted by molar-refractivity contribution is -0.192. The van der Waals surface area contributed by atoms with Gasteiger partial charge >= 0.3 is 12.1 Å². The van der Waals surface area contributed by atoms with Gasteiger partial charge < -0.3 is 21.9 Å². The molecule has 7 nitrogen and oxygen atoms in total. The minimum atomic E-state index is -5.08. The zero-order valence-electron chi connectivity index (χ0n) is 14.2. The Morgan fingerprint density at radius 3 is 2.04 bits per heavy atom. The van der Waals surface area contributed by atoms with E-state index in [0.29, 0.717) is 19.0 Å². The fourth-order valence-corrected chi connectivity index (χ4v) is 1.39. The number of nitrogens with zero attached hydrogens (tertiary/aromatic N) is 1. The van der Waals surface area contributed by atoms with E-state index in [1.807, 2.05) is 6.92 Å². The number of aliphatic carboxylic acids is 1. The van der Waals surface area contributed by atoms with Crippen molar-refractivity contribution in [1.82, 2.24) is 5.32 Å². The Bertz CT molecular complexity index is 409. The minimum absolute atomic E-state index is 0.0838. The fraction of sp³-hybridized carbons (Fsp3) is 0.786. The number of carboxylic acid groups (broad SMARTS) is 1. The summed E-state index contributed by atoms with van der Waals surface area (Å²) in [6, 6.07) is 0. The van der Waals surface area contributed by atoms with Crippen LogP contribution in [0.25, 0.3) is 0 Å². The summed E-state index contributed by atoms with van der Waals surface area (Å²) in [5, 5.41) is 10.0. The monoisotopic (exact) mass is 356 g/mol. The van der Waals surface area contributed by atoms with Crippen molar-refractivity contribution < 1.29 is 27.9 Å². The summed E-state index contributed by atoms with van der Waals surface area (Å²) in [6.07, 6.45) is -2.29. The van der Waals surface area contributed by atoms with Crippen LogP contribution in [0.2, 0.25) is 0 Å². The van der Waals surface area contributed by atoms with Crippen molar-refractivity contribution in [2.24, 2.45) is 28.3 Å². The second kappa shape index (κ2) is 12.4. The Morgan fingerprint density at radius 1 is 1.17 bits per heavy atom. The molecule has 0 aliphatic carbocycles. The highest BCUT2D eigenvalue weighted by molar-refractivity contribution is 5.78. The van der Waals surface area contributed by atoms with Crippen LogP contribution in [0, 0.1) is 11.8 Å². The Morgan fingerprint density at radius 2 is 1.67 bits per heavy atom. The lowest BCUT2D eigenvalue weighted by Crippen LogP contribution is -2.30. The Labute approximate surface area is 139 Å². The van der Waals surface area contributed by atoms with Crippen LogP contribution in [0.3, 0.4) is 0 Å². The Kier molecular flexibility index (Phi) is 12.6. The van der Waals surface area contributed by atoms with Crippen LogP contribution < -0.4 is 16.8 Å². The molecule has 0 aliphatic rings. The number of hydrogen-bond donors (Lipinski definition) is 4. The van der Waals surface area contributed by atoms with Gasteiger partial charge in [0.15, 0.2) is 5.96 Å². The van der Waals surface area contributed by atoms with Crippen LogP contribution >= 0.6 is 0 Å². The lowest BCUT2D eigenvalue weighted by atomic mass is 9.99. The first kappa shape index (κ1) is 24.3. The zero-order chi connectivity index (χ0) is 19.3. The van der Waals surface area contributed by atoms with Crippen molar-refractivity contribution >= 4 is 17.8 Å². The number of nitrogens with one attached hydrogen (secondary N) is 1. The molecule has 0 saturated carbocycles. The average molecular weight is 356 g/mol. The molecule has 0 radical (unpaired) electrons. The number of hydrogen-bond acceptors (Lipinski definition) is 3. The van der Waals surface area contributed by atoms with E-state index in [1.165, 1.54) is 0 Å². The summed E-state index contributed by atoms with van der Waals surface area (Å²) in [7, 11) is 0. The minimum Gasteiger partial charge on any atom is -0.475 e. The third-order valence-corrected chi connectivity index (χ3v) is 2.80. The van der Waals surface area contributed by atoms with Crippen molar-refractivity contribution in [3.63, 3.8) is 0 Å². The van der Waals surface area contributed by atoms with Gasteiger partial charge in [-0.1, -0.05) is 27.2 Å². The van der Waals surface area contributed by atoms with Crippen molar-refractivity contribution in [3.05, 3.63) is 0 Å². The van der Waals surface area contributed by atoms with Crippen LogP contribution in [-0.4, -0.2) is 42.2 Å². The molecule has 6 N–H and O–H groups in total. The number of carbonyl (C=O) groups excluding carboxylic acids is 1. The summed E-state index contributed by atoms with van der Waals surface area (Å²) >= 11 is 0. The average Bonchev–Trinajstić information content (AvgIpc) is 2.43. The molecular formula is C14H27F3N4O3. The third kappa shape index (κ3) is 16.4. The van der Waals surface area contributed by atoms with Crippen LogP contribution in [0.1, 0.15) is 40.0 Å². The van der Waals surface area contributed by atoms with Crippen molar-refractivity contribution in [2.45, 2.75) is 46.2 Å². The summed E-state index contributed by atoms with van der Waals surface area (Å²) < 4.78 is 31.7. The molecule has 0 heterocycles. The molecule has 1 atom stereocenters. The van der Waals surface area contributed by atoms with E-state index in [2.05, 4.69) is 24.2 Å². The molecule has 10 heteroatoms. The highest BCUT2D eigenvalue weighted by atomic mass is 19.4. The van der Waals surface area contributed by atoms with Crippen LogP contribution in [0.5, 0.6) is 0 Å². The molecule has 142 valence electrons. The number of halogens is 3. The maximum atomic E-state index is 11.7. The largest absolute Gasteiger partial charge is 0.490 e. The number of aliphatic imine (C=N–C) groups is 1. The Balaban J connectivity index is 0. The normalized spacial score (nSPS) is 12.0. The van der Waals surface area contributed by atoms with E-state index < -0.39 is 12.1 Å². The molecule has 0 spiro atoms. The van der Waals surface area contributed by atoms with Gasteiger partial charge in [0, 0.05) is 19.0 Å². The van der Waals surface area contributed by atoms with Gasteiger partial charge in [-0.2, -0.15) is 13.2 Å². The molecular weight excluding hydrogens is 329 g/mol. The van der Waals surface area contributed by atoms with Gasteiger partial charge in [-0.05, 0) is 18.8 Å². The highest BCUT2D eigenvalue weighted by Gasteiger charge is 2.38. The number of guanidine groups is 1. The topological polar surface area (TPSA) is 131 Å². The first-order valence-corrected chi connectivity index (χ1v) is 7.51. The maximum absolute atomic E-state index is 11.7. The number of nitrogens with two attached hydrogens (primary N) is 2. The van der Waals surface area contributed by atoms with Crippen LogP contribution in [0.15, 0.2) is 4.99 Å². The second-order valence-corrected chi connectivity index (χ2v) is 5.63. The van der Waals surface area contributed by atoms with Crippen LogP contribution in [-0.2, 0) is 9.59 Å². The molecule has 0 unspecified atom stereocenters. The SMILES string of the molecule is CC(C)CC[C@@H](C)C(=O)NCCCN=C(N)N.O=C(O)C(F)(F)F. The van der Waals surface area contributed by atoms with Crippen molar-refractivity contribution in [1.29, 1.82) is 0 Å². The number of alkyl halides is 3. The van der Waals surface area contributed by atoms with E-state index in [-0.39, 0.29) is 17.8 Å². The van der Waals surface area contributed by atoms with E-state index in [4.69, 9.17) is 21.4 Å². The molecule has 0 aliphatic heterocycles. The van der Waals surface area contributed by atoms with Gasteiger partial charge in [0.05, 0.1) is 0 Å². The van der Waals surface area contributed by atoms with Gasteiger partial charge in [-0.3, -0.25) is 9.79 Å². The van der Waals surface area contributed by atoms with Crippen molar-refractivity contribution in [3.8, 4) is 0 Å². The molecule has 0 aromatic carbocycles. The smallest absolute Gasteiger partial charge is 0.475 e. The molecule has 0 saturated heterocycles. The molecule has 0 fully saturated rings. The van der Waals surface area contributed by atoms with Gasteiger partial charge in [-0.25, -0.2) is 4.79 Å². The number of rotatable bonds is 8. The van der Waals surface area contributed by atoms with Crippen molar-refractivity contribution in [2.75, 3.05) is 13.1 Å². The predicted molar refractivity (Wildman–Crippen MR) is 85.2 cm³/mol. The second-order valence-electron chi connectivity index (χ2n) is 5.63. The summed E-state index contributed by atoms with van der Waals surface area (Å²) in [5.41, 5.74) is 10.4. The van der Waals surface area contributed by atoms with E-state index in [0.717, 1.165) is 19.3 Å². The number of amides is 1. The van der Waals surface area contributed by atoms with Crippen LogP contribution in [0.4, 0.5) is 13.2 Å².